The summed E-state index contributed by atoms with van der Waals surface area (Å²) in [4.78, 5) is 18.0. The van der Waals surface area contributed by atoms with Crippen LogP contribution < -0.4 is 5.32 Å². The molecule has 0 aliphatic heterocycles. The molecule has 1 N–H and O–H groups in total. The normalized spacial score (nSPS) is 10.8. The van der Waals surface area contributed by atoms with Crippen molar-refractivity contribution in [1.82, 2.24) is 14.8 Å². The molecule has 0 unspecified atom stereocenters. The van der Waals surface area contributed by atoms with Gasteiger partial charge in [-0.15, -0.1) is 0 Å². The molecule has 5 nitrogen and oxygen atoms in total. The van der Waals surface area contributed by atoms with Gasteiger partial charge in [-0.1, -0.05) is 72.8 Å². The summed E-state index contributed by atoms with van der Waals surface area (Å²) in [5, 5.41) is 9.91. The highest BCUT2D eigenvalue weighted by molar-refractivity contribution is 6.08. The molecule has 0 saturated carbocycles. The number of nitrogens with one attached hydrogen (secondary N) is 1. The fourth-order valence-electron chi connectivity index (χ4n) is 3.62. The van der Waals surface area contributed by atoms with Gasteiger partial charge in [-0.2, -0.15) is 9.78 Å². The average Bonchev–Trinajstić information content (AvgIpc) is 3.27. The van der Waals surface area contributed by atoms with Crippen molar-refractivity contribution >= 4 is 22.5 Å². The first kappa shape index (κ1) is 18.8. The number of anilines is 1. The highest BCUT2D eigenvalue weighted by Gasteiger charge is 2.19. The Morgan fingerprint density at radius 1 is 0.806 bits per heavy atom. The van der Waals surface area contributed by atoms with Crippen molar-refractivity contribution in [3.63, 3.8) is 0 Å². The van der Waals surface area contributed by atoms with Crippen LogP contribution in [0.5, 0.6) is 0 Å². The third-order valence-electron chi connectivity index (χ3n) is 5.17. The minimum Gasteiger partial charge on any atom is -0.366 e. The predicted molar refractivity (Wildman–Crippen MR) is 123 cm³/mol. The lowest BCUT2D eigenvalue weighted by atomic mass is 10.0. The maximum absolute atomic E-state index is 13.6. The second-order valence-corrected chi connectivity index (χ2v) is 7.21. The fourth-order valence-corrected chi connectivity index (χ4v) is 3.62. The second-order valence-electron chi connectivity index (χ2n) is 7.21. The van der Waals surface area contributed by atoms with E-state index in [1.165, 1.54) is 4.68 Å². The number of rotatable bonds is 5. The van der Waals surface area contributed by atoms with E-state index in [1.54, 1.807) is 6.20 Å². The average molecular weight is 404 g/mol. The van der Waals surface area contributed by atoms with Crippen molar-refractivity contribution in [3.05, 3.63) is 114 Å². The minimum atomic E-state index is -0.186. The second kappa shape index (κ2) is 8.24. The summed E-state index contributed by atoms with van der Waals surface area (Å²) in [5.41, 5.74) is 3.09. The van der Waals surface area contributed by atoms with Crippen molar-refractivity contribution in [3.8, 4) is 11.4 Å². The zero-order valence-electron chi connectivity index (χ0n) is 16.8. The topological polar surface area (TPSA) is 59.8 Å². The van der Waals surface area contributed by atoms with Gasteiger partial charge in [-0.05, 0) is 34.5 Å². The van der Waals surface area contributed by atoms with E-state index in [9.17, 15) is 4.79 Å². The Morgan fingerprint density at radius 3 is 2.42 bits per heavy atom. The van der Waals surface area contributed by atoms with Crippen LogP contribution in [-0.4, -0.2) is 20.7 Å². The lowest BCUT2D eigenvalue weighted by molar-refractivity contribution is 0.0949. The molecule has 31 heavy (non-hydrogen) atoms. The van der Waals surface area contributed by atoms with Crippen LogP contribution in [0.2, 0.25) is 0 Å². The first-order chi connectivity index (χ1) is 15.3. The Bertz CT molecular complexity index is 1340. The number of benzene rings is 3. The summed E-state index contributed by atoms with van der Waals surface area (Å²) in [6, 6.07) is 31.2. The molecule has 0 atom stereocenters. The van der Waals surface area contributed by atoms with E-state index in [4.69, 9.17) is 0 Å². The van der Waals surface area contributed by atoms with Crippen LogP contribution in [0.1, 0.15) is 15.9 Å². The molecule has 0 fully saturated rings. The summed E-state index contributed by atoms with van der Waals surface area (Å²) >= 11 is 0. The Balaban J connectivity index is 1.57. The van der Waals surface area contributed by atoms with Crippen LogP contribution in [0.25, 0.3) is 22.2 Å². The first-order valence-corrected chi connectivity index (χ1v) is 10.1. The highest BCUT2D eigenvalue weighted by Crippen LogP contribution is 2.24. The third kappa shape index (κ3) is 3.81. The van der Waals surface area contributed by atoms with E-state index >= 15 is 0 Å². The van der Waals surface area contributed by atoms with E-state index in [1.807, 2.05) is 97.1 Å². The minimum absolute atomic E-state index is 0.186. The molecule has 0 aliphatic carbocycles. The summed E-state index contributed by atoms with van der Waals surface area (Å²) in [7, 11) is 0. The van der Waals surface area contributed by atoms with Gasteiger partial charge in [-0.25, -0.2) is 0 Å². The van der Waals surface area contributed by atoms with Crippen molar-refractivity contribution in [2.75, 3.05) is 5.32 Å². The molecule has 3 aromatic carbocycles. The molecule has 0 spiro atoms. The van der Waals surface area contributed by atoms with Gasteiger partial charge in [0.2, 0.25) is 0 Å². The molecule has 150 valence electrons. The van der Waals surface area contributed by atoms with E-state index in [0.29, 0.717) is 23.6 Å². The number of hydrogen-bond acceptors (Lipinski definition) is 4. The third-order valence-corrected chi connectivity index (χ3v) is 5.17. The maximum atomic E-state index is 13.6. The molecular formula is C26H20N4O. The Kier molecular flexibility index (Phi) is 4.99. The van der Waals surface area contributed by atoms with E-state index in [-0.39, 0.29) is 5.91 Å². The highest BCUT2D eigenvalue weighted by atomic mass is 16.2. The quantitative estimate of drug-likeness (QED) is 0.426. The summed E-state index contributed by atoms with van der Waals surface area (Å²) in [6.07, 6.45) is 1.72. The number of carbonyl (C=O) groups excluding carboxylic acids is 1. The van der Waals surface area contributed by atoms with Crippen LogP contribution in [0, 0.1) is 0 Å². The van der Waals surface area contributed by atoms with Crippen molar-refractivity contribution in [2.24, 2.45) is 0 Å². The molecule has 2 aromatic heterocycles. The van der Waals surface area contributed by atoms with Gasteiger partial charge in [0.25, 0.3) is 5.91 Å². The number of hydrogen-bond donors (Lipinski definition) is 1. The summed E-state index contributed by atoms with van der Waals surface area (Å²) in [6.45, 7) is 0.580. The summed E-state index contributed by atoms with van der Waals surface area (Å²) in [5.74, 6) is 0.442. The number of nitrogens with zero attached hydrogens (tertiary/aromatic N) is 3. The standard InChI is InChI=1S/C26H20N4O/c31-26(22-14-8-12-20-11-4-5-13-21(20)22)30-25(28-18-19-9-2-1-3-10-19)17-24(29-30)23-15-6-7-16-27-23/h1-17,28H,18H2. The first-order valence-electron chi connectivity index (χ1n) is 10.1. The molecule has 5 heteroatoms. The summed E-state index contributed by atoms with van der Waals surface area (Å²) < 4.78 is 1.44. The molecule has 2 heterocycles. The molecule has 5 aromatic rings. The predicted octanol–water partition coefficient (Wildman–Crippen LogP) is 5.40. The lowest BCUT2D eigenvalue weighted by Gasteiger charge is -2.10. The molecule has 5 rings (SSSR count). The zero-order chi connectivity index (χ0) is 21.0. The Morgan fingerprint density at radius 2 is 1.58 bits per heavy atom. The number of aromatic nitrogens is 3. The molecular weight excluding hydrogens is 384 g/mol. The monoisotopic (exact) mass is 404 g/mol. The van der Waals surface area contributed by atoms with E-state index in [0.717, 1.165) is 22.0 Å². The van der Waals surface area contributed by atoms with Gasteiger partial charge in [-0.3, -0.25) is 9.78 Å². The largest absolute Gasteiger partial charge is 0.366 e. The molecule has 0 aliphatic rings. The lowest BCUT2D eigenvalue weighted by Crippen LogP contribution is -2.17. The molecule has 0 amide bonds. The SMILES string of the molecule is O=C(c1cccc2ccccc12)n1nc(-c2ccccn2)cc1NCc1ccccc1. The van der Waals surface area contributed by atoms with Gasteiger partial charge in [0.05, 0.1) is 5.69 Å². The number of pyridine rings is 1. The van der Waals surface area contributed by atoms with E-state index in [2.05, 4.69) is 15.4 Å². The van der Waals surface area contributed by atoms with Crippen LogP contribution >= 0.6 is 0 Å². The van der Waals surface area contributed by atoms with Crippen LogP contribution in [0.4, 0.5) is 5.82 Å². The fraction of sp³-hybridized carbons (Fsp3) is 0.0385. The van der Waals surface area contributed by atoms with Crippen molar-refractivity contribution < 1.29 is 4.79 Å². The van der Waals surface area contributed by atoms with E-state index < -0.39 is 0 Å². The maximum Gasteiger partial charge on any atom is 0.280 e. The van der Waals surface area contributed by atoms with Gasteiger partial charge in [0.15, 0.2) is 0 Å². The zero-order valence-corrected chi connectivity index (χ0v) is 16.8. The Hall–Kier alpha value is -4.25. The van der Waals surface area contributed by atoms with Gasteiger partial charge >= 0.3 is 0 Å². The van der Waals surface area contributed by atoms with Gasteiger partial charge < -0.3 is 5.32 Å². The molecule has 0 bridgehead atoms. The Labute approximate surface area is 180 Å². The number of carbonyl (C=O) groups is 1. The molecule has 0 saturated heterocycles. The number of fused-ring (bicyclic) bond motifs is 1. The van der Waals surface area contributed by atoms with Crippen molar-refractivity contribution in [2.45, 2.75) is 6.54 Å². The van der Waals surface area contributed by atoms with Crippen LogP contribution in [0.15, 0.2) is 103 Å². The van der Waals surface area contributed by atoms with Crippen LogP contribution in [-0.2, 0) is 6.54 Å². The van der Waals surface area contributed by atoms with Crippen molar-refractivity contribution in [1.29, 1.82) is 0 Å². The van der Waals surface area contributed by atoms with Crippen LogP contribution in [0.3, 0.4) is 0 Å². The smallest absolute Gasteiger partial charge is 0.280 e. The van der Waals surface area contributed by atoms with Gasteiger partial charge in [0.1, 0.15) is 11.5 Å². The molecule has 0 radical (unpaired) electrons. The van der Waals surface area contributed by atoms with Gasteiger partial charge in [0, 0.05) is 24.4 Å².